The number of aromatic nitrogens is 1. The molecule has 1 rings (SSSR count). The highest BCUT2D eigenvalue weighted by Gasteiger charge is 2.31. The van der Waals surface area contributed by atoms with Crippen LogP contribution in [0, 0.1) is 0 Å². The summed E-state index contributed by atoms with van der Waals surface area (Å²) in [4.78, 5) is 14.2. The van der Waals surface area contributed by atoms with Crippen LogP contribution < -0.4 is 5.32 Å². The molecule has 0 unspecified atom stereocenters. The standard InChI is InChI=1S/C8H5Cl2F3N2O/c9-2-6(16)15-5-1-4(8(11,12)13)3-14-7(5)10/h1,3H,2H2,(H,15,16). The monoisotopic (exact) mass is 272 g/mol. The molecule has 0 saturated carbocycles. The van der Waals surface area contributed by atoms with Crippen LogP contribution in [0.2, 0.25) is 5.15 Å². The Morgan fingerprint density at radius 1 is 1.50 bits per heavy atom. The van der Waals surface area contributed by atoms with Gasteiger partial charge < -0.3 is 5.32 Å². The first-order valence-corrected chi connectivity index (χ1v) is 4.84. The number of nitrogens with zero attached hydrogens (tertiary/aromatic N) is 1. The van der Waals surface area contributed by atoms with Crippen molar-refractivity contribution in [1.82, 2.24) is 4.98 Å². The van der Waals surface area contributed by atoms with Crippen molar-refractivity contribution >= 4 is 34.8 Å². The highest BCUT2D eigenvalue weighted by molar-refractivity contribution is 6.33. The van der Waals surface area contributed by atoms with Gasteiger partial charge in [-0.05, 0) is 6.07 Å². The third kappa shape index (κ3) is 3.24. The summed E-state index contributed by atoms with van der Waals surface area (Å²) in [6, 6.07) is 0.694. The van der Waals surface area contributed by atoms with E-state index in [-0.39, 0.29) is 16.7 Å². The van der Waals surface area contributed by atoms with Crippen LogP contribution in [0.4, 0.5) is 18.9 Å². The summed E-state index contributed by atoms with van der Waals surface area (Å²) in [6.45, 7) is 0. The van der Waals surface area contributed by atoms with Crippen LogP contribution in [-0.4, -0.2) is 16.8 Å². The van der Waals surface area contributed by atoms with Crippen molar-refractivity contribution in [3.05, 3.63) is 23.0 Å². The zero-order valence-electron chi connectivity index (χ0n) is 7.61. The Kier molecular flexibility index (Phi) is 3.98. The van der Waals surface area contributed by atoms with Crippen LogP contribution in [0.1, 0.15) is 5.56 Å². The second-order valence-corrected chi connectivity index (χ2v) is 3.37. The molecule has 1 aromatic rings. The van der Waals surface area contributed by atoms with E-state index in [1.807, 2.05) is 0 Å². The third-order valence-corrected chi connectivity index (χ3v) is 2.11. The fraction of sp³-hybridized carbons (Fsp3) is 0.250. The van der Waals surface area contributed by atoms with E-state index in [0.29, 0.717) is 12.3 Å². The summed E-state index contributed by atoms with van der Waals surface area (Å²) < 4.78 is 36.9. The van der Waals surface area contributed by atoms with Gasteiger partial charge in [-0.25, -0.2) is 4.98 Å². The van der Waals surface area contributed by atoms with Gasteiger partial charge in [-0.2, -0.15) is 13.2 Å². The average Bonchev–Trinajstić information content (AvgIpc) is 2.19. The lowest BCUT2D eigenvalue weighted by Crippen LogP contribution is -2.14. The van der Waals surface area contributed by atoms with Gasteiger partial charge in [-0.15, -0.1) is 11.6 Å². The molecular weight excluding hydrogens is 268 g/mol. The summed E-state index contributed by atoms with van der Waals surface area (Å²) in [5, 5.41) is 1.88. The van der Waals surface area contributed by atoms with Crippen molar-refractivity contribution < 1.29 is 18.0 Å². The fourth-order valence-electron chi connectivity index (χ4n) is 0.874. The Morgan fingerprint density at radius 3 is 2.62 bits per heavy atom. The van der Waals surface area contributed by atoms with E-state index in [1.165, 1.54) is 0 Å². The van der Waals surface area contributed by atoms with E-state index in [4.69, 9.17) is 23.2 Å². The minimum absolute atomic E-state index is 0.220. The zero-order chi connectivity index (χ0) is 12.3. The van der Waals surface area contributed by atoms with Crippen molar-refractivity contribution in [2.24, 2.45) is 0 Å². The number of hydrogen-bond donors (Lipinski definition) is 1. The lowest BCUT2D eigenvalue weighted by Gasteiger charge is -2.09. The third-order valence-electron chi connectivity index (χ3n) is 1.56. The van der Waals surface area contributed by atoms with Crippen molar-refractivity contribution in [2.75, 3.05) is 11.2 Å². The molecule has 1 heterocycles. The molecule has 88 valence electrons. The predicted molar refractivity (Wildman–Crippen MR) is 53.6 cm³/mol. The van der Waals surface area contributed by atoms with Crippen molar-refractivity contribution in [3.8, 4) is 0 Å². The Morgan fingerprint density at radius 2 is 2.12 bits per heavy atom. The molecule has 1 aromatic heterocycles. The number of rotatable bonds is 2. The van der Waals surface area contributed by atoms with Crippen molar-refractivity contribution in [2.45, 2.75) is 6.18 Å². The van der Waals surface area contributed by atoms with Gasteiger partial charge in [0.1, 0.15) is 5.88 Å². The number of pyridine rings is 1. The number of carbonyl (C=O) groups is 1. The quantitative estimate of drug-likeness (QED) is 0.665. The molecule has 0 aliphatic carbocycles. The Balaban J connectivity index is 3.04. The fourth-order valence-corrected chi connectivity index (χ4v) is 1.09. The van der Waals surface area contributed by atoms with E-state index in [1.54, 1.807) is 0 Å². The molecule has 0 aromatic carbocycles. The van der Waals surface area contributed by atoms with Gasteiger partial charge >= 0.3 is 6.18 Å². The molecular formula is C8H5Cl2F3N2O. The minimum atomic E-state index is -4.54. The summed E-state index contributed by atoms with van der Waals surface area (Å²) in [5.41, 5.74) is -1.22. The van der Waals surface area contributed by atoms with E-state index in [9.17, 15) is 18.0 Å². The molecule has 0 aliphatic heterocycles. The van der Waals surface area contributed by atoms with E-state index < -0.39 is 17.6 Å². The second-order valence-electron chi connectivity index (χ2n) is 2.74. The molecule has 0 radical (unpaired) electrons. The van der Waals surface area contributed by atoms with Crippen LogP contribution in [0.25, 0.3) is 0 Å². The normalized spacial score (nSPS) is 11.3. The highest BCUT2D eigenvalue weighted by atomic mass is 35.5. The van der Waals surface area contributed by atoms with Crippen LogP contribution in [0.3, 0.4) is 0 Å². The molecule has 8 heteroatoms. The maximum absolute atomic E-state index is 12.3. The van der Waals surface area contributed by atoms with Crippen LogP contribution in [0.5, 0.6) is 0 Å². The SMILES string of the molecule is O=C(CCl)Nc1cc(C(F)(F)F)cnc1Cl. The molecule has 0 bridgehead atoms. The molecule has 0 atom stereocenters. The van der Waals surface area contributed by atoms with Gasteiger partial charge in [-0.3, -0.25) is 4.79 Å². The van der Waals surface area contributed by atoms with E-state index in [2.05, 4.69) is 10.3 Å². The maximum atomic E-state index is 12.3. The minimum Gasteiger partial charge on any atom is -0.322 e. The highest BCUT2D eigenvalue weighted by Crippen LogP contribution is 2.32. The molecule has 3 nitrogen and oxygen atoms in total. The van der Waals surface area contributed by atoms with Crippen LogP contribution >= 0.6 is 23.2 Å². The van der Waals surface area contributed by atoms with Gasteiger partial charge in [0, 0.05) is 6.20 Å². The van der Waals surface area contributed by atoms with Gasteiger partial charge in [0.25, 0.3) is 0 Å². The average molecular weight is 273 g/mol. The number of nitrogens with one attached hydrogen (secondary N) is 1. The van der Waals surface area contributed by atoms with Crippen LogP contribution in [-0.2, 0) is 11.0 Å². The summed E-state index contributed by atoms with van der Waals surface area (Å²) >= 11 is 10.7. The maximum Gasteiger partial charge on any atom is 0.417 e. The summed E-state index contributed by atoms with van der Waals surface area (Å²) in [6.07, 6.45) is -3.96. The number of carbonyl (C=O) groups excluding carboxylic acids is 1. The van der Waals surface area contributed by atoms with Gasteiger partial charge in [0.15, 0.2) is 5.15 Å². The molecule has 1 N–H and O–H groups in total. The van der Waals surface area contributed by atoms with Gasteiger partial charge in [0.2, 0.25) is 5.91 Å². The lowest BCUT2D eigenvalue weighted by atomic mass is 10.2. The predicted octanol–water partition coefficient (Wildman–Crippen LogP) is 2.93. The smallest absolute Gasteiger partial charge is 0.322 e. The number of halogens is 5. The van der Waals surface area contributed by atoms with E-state index >= 15 is 0 Å². The Bertz CT molecular complexity index is 409. The molecule has 16 heavy (non-hydrogen) atoms. The number of hydrogen-bond acceptors (Lipinski definition) is 2. The first-order valence-electron chi connectivity index (χ1n) is 3.93. The number of anilines is 1. The van der Waals surface area contributed by atoms with Crippen LogP contribution in [0.15, 0.2) is 12.3 Å². The Labute approximate surface area is 98.6 Å². The zero-order valence-corrected chi connectivity index (χ0v) is 9.12. The Hall–Kier alpha value is -1.01. The molecule has 0 spiro atoms. The molecule has 0 saturated heterocycles. The van der Waals surface area contributed by atoms with Gasteiger partial charge in [0.05, 0.1) is 11.3 Å². The summed E-state index contributed by atoms with van der Waals surface area (Å²) in [7, 11) is 0. The van der Waals surface area contributed by atoms with E-state index in [0.717, 1.165) is 0 Å². The summed E-state index contributed by atoms with van der Waals surface area (Å²) in [5.74, 6) is -1.04. The second kappa shape index (κ2) is 4.88. The largest absolute Gasteiger partial charge is 0.417 e. The van der Waals surface area contributed by atoms with Crippen molar-refractivity contribution in [1.29, 1.82) is 0 Å². The topological polar surface area (TPSA) is 42.0 Å². The molecule has 1 amide bonds. The number of amides is 1. The van der Waals surface area contributed by atoms with Gasteiger partial charge in [-0.1, -0.05) is 11.6 Å². The first-order chi connectivity index (χ1) is 7.34. The molecule has 0 fully saturated rings. The molecule has 0 aliphatic rings. The first kappa shape index (κ1) is 13.1. The number of alkyl halides is 4. The lowest BCUT2D eigenvalue weighted by molar-refractivity contribution is -0.137. The van der Waals surface area contributed by atoms with Crippen molar-refractivity contribution in [3.63, 3.8) is 0 Å².